The van der Waals surface area contributed by atoms with Crippen molar-refractivity contribution in [1.82, 2.24) is 10.2 Å². The fourth-order valence-corrected chi connectivity index (χ4v) is 3.07. The van der Waals surface area contributed by atoms with E-state index in [0.717, 1.165) is 12.8 Å². The van der Waals surface area contributed by atoms with Crippen LogP contribution in [0.15, 0.2) is 17.5 Å². The lowest BCUT2D eigenvalue weighted by Gasteiger charge is -2.23. The molecule has 96 valence electrons. The first-order valence-electron chi connectivity index (χ1n) is 6.34. The predicted molar refractivity (Wildman–Crippen MR) is 69.0 cm³/mol. The van der Waals surface area contributed by atoms with Crippen LogP contribution in [0, 0.1) is 5.92 Å². The SMILES string of the molecule is O=C1CCN(Cc2cccs2)C(=O)C(C2CC2)N1. The molecule has 1 saturated heterocycles. The molecule has 1 unspecified atom stereocenters. The molecule has 0 spiro atoms. The second-order valence-electron chi connectivity index (χ2n) is 4.97. The first-order valence-corrected chi connectivity index (χ1v) is 7.22. The lowest BCUT2D eigenvalue weighted by Crippen LogP contribution is -2.45. The van der Waals surface area contributed by atoms with Gasteiger partial charge in [0.25, 0.3) is 0 Å². The third kappa shape index (κ3) is 2.41. The largest absolute Gasteiger partial charge is 0.344 e. The van der Waals surface area contributed by atoms with E-state index in [0.29, 0.717) is 25.4 Å². The summed E-state index contributed by atoms with van der Waals surface area (Å²) >= 11 is 1.65. The Kier molecular flexibility index (Phi) is 3.07. The highest BCUT2D eigenvalue weighted by Gasteiger charge is 2.40. The zero-order chi connectivity index (χ0) is 12.5. The third-order valence-electron chi connectivity index (χ3n) is 3.52. The molecule has 1 N–H and O–H groups in total. The van der Waals surface area contributed by atoms with Crippen molar-refractivity contribution in [2.45, 2.75) is 31.8 Å². The topological polar surface area (TPSA) is 49.4 Å². The van der Waals surface area contributed by atoms with Crippen LogP contribution in [0.1, 0.15) is 24.1 Å². The average Bonchev–Trinajstić information content (AvgIpc) is 3.09. The quantitative estimate of drug-likeness (QED) is 0.896. The van der Waals surface area contributed by atoms with Crippen LogP contribution in [0.3, 0.4) is 0 Å². The van der Waals surface area contributed by atoms with Crippen LogP contribution in [0.25, 0.3) is 0 Å². The summed E-state index contributed by atoms with van der Waals surface area (Å²) in [7, 11) is 0. The van der Waals surface area contributed by atoms with Gasteiger partial charge in [0.2, 0.25) is 11.8 Å². The summed E-state index contributed by atoms with van der Waals surface area (Å²) in [5.74, 6) is 0.469. The standard InChI is InChI=1S/C13H16N2O2S/c16-11-5-6-15(8-10-2-1-7-18-10)13(17)12(14-11)9-3-4-9/h1-2,7,9,12H,3-6,8H2,(H,14,16). The Hall–Kier alpha value is -1.36. The van der Waals surface area contributed by atoms with Gasteiger partial charge >= 0.3 is 0 Å². The van der Waals surface area contributed by atoms with Crippen LogP contribution in [0.5, 0.6) is 0 Å². The number of hydrogen-bond acceptors (Lipinski definition) is 3. The van der Waals surface area contributed by atoms with Crippen LogP contribution >= 0.6 is 11.3 Å². The van der Waals surface area contributed by atoms with E-state index in [-0.39, 0.29) is 17.9 Å². The van der Waals surface area contributed by atoms with E-state index in [4.69, 9.17) is 0 Å². The number of nitrogens with zero attached hydrogens (tertiary/aromatic N) is 1. The summed E-state index contributed by atoms with van der Waals surface area (Å²) in [6.45, 7) is 1.17. The van der Waals surface area contributed by atoms with Crippen molar-refractivity contribution in [3.05, 3.63) is 22.4 Å². The zero-order valence-corrected chi connectivity index (χ0v) is 10.9. The van der Waals surface area contributed by atoms with Gasteiger partial charge in [0.05, 0.1) is 6.54 Å². The molecule has 3 rings (SSSR count). The number of nitrogens with one attached hydrogen (secondary N) is 1. The van der Waals surface area contributed by atoms with Gasteiger partial charge in [0.1, 0.15) is 6.04 Å². The average molecular weight is 264 g/mol. The number of thiophene rings is 1. The van der Waals surface area contributed by atoms with Crippen molar-refractivity contribution in [2.24, 2.45) is 5.92 Å². The molecular weight excluding hydrogens is 248 g/mol. The maximum atomic E-state index is 12.4. The zero-order valence-electron chi connectivity index (χ0n) is 10.1. The van der Waals surface area contributed by atoms with Gasteiger partial charge in [0, 0.05) is 17.8 Å². The molecule has 1 aliphatic heterocycles. The van der Waals surface area contributed by atoms with Crippen molar-refractivity contribution in [2.75, 3.05) is 6.54 Å². The Bertz CT molecular complexity index is 454. The first kappa shape index (κ1) is 11.7. The van der Waals surface area contributed by atoms with Crippen molar-refractivity contribution < 1.29 is 9.59 Å². The lowest BCUT2D eigenvalue weighted by molar-refractivity contribution is -0.134. The Labute approximate surface area is 110 Å². The highest BCUT2D eigenvalue weighted by molar-refractivity contribution is 7.09. The maximum Gasteiger partial charge on any atom is 0.245 e. The summed E-state index contributed by atoms with van der Waals surface area (Å²) in [4.78, 5) is 27.0. The highest BCUT2D eigenvalue weighted by atomic mass is 32.1. The Morgan fingerprint density at radius 1 is 1.39 bits per heavy atom. The molecular formula is C13H16N2O2S. The fraction of sp³-hybridized carbons (Fsp3) is 0.538. The van der Waals surface area contributed by atoms with Gasteiger partial charge in [-0.2, -0.15) is 0 Å². The monoisotopic (exact) mass is 264 g/mol. The minimum absolute atomic E-state index is 0.00827. The van der Waals surface area contributed by atoms with E-state index in [1.807, 2.05) is 22.4 Å². The van der Waals surface area contributed by atoms with Gasteiger partial charge in [-0.3, -0.25) is 9.59 Å². The molecule has 4 nitrogen and oxygen atoms in total. The minimum atomic E-state index is -0.278. The molecule has 1 aromatic rings. The van der Waals surface area contributed by atoms with Crippen LogP contribution in [0.4, 0.5) is 0 Å². The first-order chi connectivity index (χ1) is 8.74. The molecule has 2 aliphatic rings. The van der Waals surface area contributed by atoms with Crippen LogP contribution in [-0.4, -0.2) is 29.3 Å². The Morgan fingerprint density at radius 3 is 2.89 bits per heavy atom. The van der Waals surface area contributed by atoms with Gasteiger partial charge in [-0.15, -0.1) is 11.3 Å². The highest BCUT2D eigenvalue weighted by Crippen LogP contribution is 2.34. The van der Waals surface area contributed by atoms with E-state index in [9.17, 15) is 9.59 Å². The molecule has 0 aromatic carbocycles. The summed E-state index contributed by atoms with van der Waals surface area (Å²) in [6.07, 6.45) is 2.54. The van der Waals surface area contributed by atoms with Crippen LogP contribution < -0.4 is 5.32 Å². The third-order valence-corrected chi connectivity index (χ3v) is 4.38. The number of carbonyl (C=O) groups excluding carboxylic acids is 2. The van der Waals surface area contributed by atoms with Crippen LogP contribution in [-0.2, 0) is 16.1 Å². The molecule has 1 aromatic heterocycles. The van der Waals surface area contributed by atoms with E-state index < -0.39 is 0 Å². The summed E-state index contributed by atoms with van der Waals surface area (Å²) in [5.41, 5.74) is 0. The van der Waals surface area contributed by atoms with Crippen molar-refractivity contribution in [3.8, 4) is 0 Å². The summed E-state index contributed by atoms with van der Waals surface area (Å²) in [6, 6.07) is 3.74. The molecule has 2 amide bonds. The maximum absolute atomic E-state index is 12.4. The van der Waals surface area contributed by atoms with Crippen molar-refractivity contribution in [3.63, 3.8) is 0 Å². The minimum Gasteiger partial charge on any atom is -0.344 e. The number of hydrogen-bond donors (Lipinski definition) is 1. The predicted octanol–water partition coefficient (Wildman–Crippen LogP) is 1.38. The van der Waals surface area contributed by atoms with Crippen molar-refractivity contribution in [1.29, 1.82) is 0 Å². The smallest absolute Gasteiger partial charge is 0.245 e. The molecule has 1 saturated carbocycles. The van der Waals surface area contributed by atoms with E-state index in [1.54, 1.807) is 11.3 Å². The number of rotatable bonds is 3. The van der Waals surface area contributed by atoms with Gasteiger partial charge in [-0.25, -0.2) is 0 Å². The van der Waals surface area contributed by atoms with E-state index >= 15 is 0 Å². The second-order valence-corrected chi connectivity index (χ2v) is 6.00. The molecule has 2 fully saturated rings. The molecule has 18 heavy (non-hydrogen) atoms. The van der Waals surface area contributed by atoms with Gasteiger partial charge in [0.15, 0.2) is 0 Å². The Morgan fingerprint density at radius 2 is 2.22 bits per heavy atom. The number of carbonyl (C=O) groups is 2. The summed E-state index contributed by atoms with van der Waals surface area (Å²) < 4.78 is 0. The number of amides is 2. The summed E-state index contributed by atoms with van der Waals surface area (Å²) in [5, 5.41) is 4.89. The molecule has 0 bridgehead atoms. The van der Waals surface area contributed by atoms with E-state index in [1.165, 1.54) is 4.88 Å². The molecule has 0 radical (unpaired) electrons. The fourth-order valence-electron chi connectivity index (χ4n) is 2.35. The van der Waals surface area contributed by atoms with Gasteiger partial charge in [-0.05, 0) is 30.2 Å². The molecule has 1 aliphatic carbocycles. The molecule has 1 atom stereocenters. The van der Waals surface area contributed by atoms with Crippen molar-refractivity contribution >= 4 is 23.2 Å². The molecule has 2 heterocycles. The lowest BCUT2D eigenvalue weighted by atomic mass is 10.1. The normalized spacial score (nSPS) is 24.9. The Balaban J connectivity index is 1.75. The molecule has 5 heteroatoms. The van der Waals surface area contributed by atoms with Gasteiger partial charge in [-0.1, -0.05) is 6.07 Å². The van der Waals surface area contributed by atoms with Crippen LogP contribution in [0.2, 0.25) is 0 Å². The second kappa shape index (κ2) is 4.72. The van der Waals surface area contributed by atoms with Gasteiger partial charge < -0.3 is 10.2 Å². The van der Waals surface area contributed by atoms with E-state index in [2.05, 4.69) is 5.32 Å².